The van der Waals surface area contributed by atoms with Gasteiger partial charge in [0.05, 0.1) is 5.56 Å². The highest BCUT2D eigenvalue weighted by molar-refractivity contribution is 5.84. The normalized spacial score (nSPS) is 22.3. The lowest BCUT2D eigenvalue weighted by atomic mass is 9.94. The Balaban J connectivity index is 1.69. The van der Waals surface area contributed by atoms with Crippen molar-refractivity contribution in [3.8, 4) is 11.1 Å². The maximum Gasteiger partial charge on any atom is 0.226 e. The van der Waals surface area contributed by atoms with Crippen molar-refractivity contribution in [1.29, 1.82) is 0 Å². The predicted molar refractivity (Wildman–Crippen MR) is 88.4 cm³/mol. The van der Waals surface area contributed by atoms with E-state index in [1.807, 2.05) is 4.90 Å². The number of amides is 1. The first-order chi connectivity index (χ1) is 12.1. The first kappa shape index (κ1) is 16.2. The summed E-state index contributed by atoms with van der Waals surface area (Å²) < 4.78 is 42.2. The Morgan fingerprint density at radius 1 is 1.00 bits per heavy atom. The van der Waals surface area contributed by atoms with E-state index in [9.17, 15) is 18.0 Å². The third-order valence-corrected chi connectivity index (χ3v) is 5.17. The molecule has 2 aromatic rings. The predicted octanol–water partition coefficient (Wildman–Crippen LogP) is 4.50. The largest absolute Gasteiger partial charge is 0.342 e. The van der Waals surface area contributed by atoms with Crippen molar-refractivity contribution in [2.45, 2.75) is 25.2 Å². The lowest BCUT2D eigenvalue weighted by molar-refractivity contribution is -0.131. The van der Waals surface area contributed by atoms with E-state index in [1.165, 1.54) is 12.1 Å². The first-order valence-corrected chi connectivity index (χ1v) is 8.59. The molecule has 2 atom stereocenters. The Morgan fingerprint density at radius 2 is 1.68 bits per heavy atom. The van der Waals surface area contributed by atoms with Crippen molar-refractivity contribution in [3.05, 3.63) is 59.4 Å². The second-order valence-corrected chi connectivity index (χ2v) is 6.81. The highest BCUT2D eigenvalue weighted by Crippen LogP contribution is 2.52. The molecule has 2 nitrogen and oxygen atoms in total. The van der Waals surface area contributed by atoms with Crippen LogP contribution in [0.15, 0.2) is 36.4 Å². The number of likely N-dealkylation sites (tertiary alicyclic amines) is 1. The molecule has 4 rings (SSSR count). The molecule has 1 aliphatic carbocycles. The summed E-state index contributed by atoms with van der Waals surface area (Å²) >= 11 is 0. The summed E-state index contributed by atoms with van der Waals surface area (Å²) in [6.45, 7) is 1.56. The number of benzene rings is 2. The lowest BCUT2D eigenvalue weighted by Gasteiger charge is -2.16. The molecule has 2 unspecified atom stereocenters. The van der Waals surface area contributed by atoms with Crippen LogP contribution in [0.4, 0.5) is 13.2 Å². The molecule has 1 aliphatic heterocycles. The van der Waals surface area contributed by atoms with Gasteiger partial charge >= 0.3 is 0 Å². The van der Waals surface area contributed by atoms with E-state index >= 15 is 0 Å². The van der Waals surface area contributed by atoms with Crippen molar-refractivity contribution in [1.82, 2.24) is 4.90 Å². The fourth-order valence-corrected chi connectivity index (χ4v) is 3.81. The summed E-state index contributed by atoms with van der Waals surface area (Å²) in [6.07, 6.45) is 2.68. The summed E-state index contributed by atoms with van der Waals surface area (Å²) in [7, 11) is 0. The second kappa shape index (κ2) is 6.21. The summed E-state index contributed by atoms with van der Waals surface area (Å²) in [5.74, 6) is -2.18. The van der Waals surface area contributed by atoms with Gasteiger partial charge < -0.3 is 4.90 Å². The third-order valence-electron chi connectivity index (χ3n) is 5.17. The van der Waals surface area contributed by atoms with Gasteiger partial charge in [-0.05, 0) is 60.6 Å². The van der Waals surface area contributed by atoms with E-state index in [-0.39, 0.29) is 28.9 Å². The van der Waals surface area contributed by atoms with Gasteiger partial charge in [0, 0.05) is 19.0 Å². The van der Waals surface area contributed by atoms with Crippen LogP contribution in [0.3, 0.4) is 0 Å². The molecule has 0 bridgehead atoms. The minimum absolute atomic E-state index is 0.104. The Morgan fingerprint density at radius 3 is 2.36 bits per heavy atom. The van der Waals surface area contributed by atoms with Crippen LogP contribution in [0.1, 0.15) is 30.7 Å². The molecule has 5 heteroatoms. The zero-order chi connectivity index (χ0) is 17.6. The average molecular weight is 345 g/mol. The van der Waals surface area contributed by atoms with Crippen molar-refractivity contribution in [3.63, 3.8) is 0 Å². The fourth-order valence-electron chi connectivity index (χ4n) is 3.81. The molecule has 1 saturated carbocycles. The molecule has 0 spiro atoms. The summed E-state index contributed by atoms with van der Waals surface area (Å²) in [5, 5.41) is 0. The van der Waals surface area contributed by atoms with Crippen LogP contribution in [0, 0.1) is 23.4 Å². The molecule has 1 saturated heterocycles. The number of rotatable bonds is 3. The van der Waals surface area contributed by atoms with Gasteiger partial charge in [0.25, 0.3) is 0 Å². The molecule has 1 amide bonds. The van der Waals surface area contributed by atoms with Gasteiger partial charge in [-0.1, -0.05) is 12.1 Å². The van der Waals surface area contributed by atoms with Crippen molar-refractivity contribution in [2.24, 2.45) is 5.92 Å². The molecule has 2 fully saturated rings. The van der Waals surface area contributed by atoms with Crippen LogP contribution in [0.5, 0.6) is 0 Å². The molecule has 0 N–H and O–H groups in total. The Bertz CT molecular complexity index is 809. The monoisotopic (exact) mass is 345 g/mol. The number of carbonyl (C=O) groups is 1. The molecule has 2 aromatic carbocycles. The smallest absolute Gasteiger partial charge is 0.226 e. The van der Waals surface area contributed by atoms with Gasteiger partial charge in [0.15, 0.2) is 0 Å². The molecule has 1 heterocycles. The van der Waals surface area contributed by atoms with Gasteiger partial charge in [-0.3, -0.25) is 4.79 Å². The Labute approximate surface area is 144 Å². The van der Waals surface area contributed by atoms with Gasteiger partial charge in [-0.25, -0.2) is 13.2 Å². The zero-order valence-electron chi connectivity index (χ0n) is 13.6. The van der Waals surface area contributed by atoms with Crippen LogP contribution in [-0.4, -0.2) is 23.9 Å². The van der Waals surface area contributed by atoms with E-state index in [1.54, 1.807) is 6.07 Å². The van der Waals surface area contributed by atoms with Gasteiger partial charge in [-0.15, -0.1) is 0 Å². The van der Waals surface area contributed by atoms with Crippen LogP contribution < -0.4 is 0 Å². The van der Waals surface area contributed by atoms with Gasteiger partial charge in [0.1, 0.15) is 17.5 Å². The zero-order valence-corrected chi connectivity index (χ0v) is 13.6. The van der Waals surface area contributed by atoms with E-state index in [2.05, 4.69) is 0 Å². The van der Waals surface area contributed by atoms with Crippen LogP contribution in [-0.2, 0) is 4.79 Å². The quantitative estimate of drug-likeness (QED) is 0.802. The molecule has 25 heavy (non-hydrogen) atoms. The maximum absolute atomic E-state index is 14.2. The number of nitrogens with zero attached hydrogens (tertiary/aromatic N) is 1. The lowest BCUT2D eigenvalue weighted by Crippen LogP contribution is -2.29. The second-order valence-electron chi connectivity index (χ2n) is 6.81. The fraction of sp³-hybridized carbons (Fsp3) is 0.350. The maximum atomic E-state index is 14.2. The topological polar surface area (TPSA) is 20.3 Å². The first-order valence-electron chi connectivity index (χ1n) is 8.59. The van der Waals surface area contributed by atoms with Crippen LogP contribution in [0.25, 0.3) is 11.1 Å². The average Bonchev–Trinajstić information content (AvgIpc) is 3.17. The third kappa shape index (κ3) is 2.92. The van der Waals surface area contributed by atoms with Gasteiger partial charge in [-0.2, -0.15) is 0 Å². The Kier molecular flexibility index (Phi) is 4.02. The van der Waals surface area contributed by atoms with E-state index in [4.69, 9.17) is 0 Å². The Hall–Kier alpha value is -2.30. The van der Waals surface area contributed by atoms with E-state index in [0.717, 1.165) is 44.1 Å². The van der Waals surface area contributed by atoms with Crippen molar-refractivity contribution < 1.29 is 18.0 Å². The molecule has 0 aromatic heterocycles. The van der Waals surface area contributed by atoms with Crippen LogP contribution >= 0.6 is 0 Å². The highest BCUT2D eigenvalue weighted by Gasteiger charge is 2.47. The van der Waals surface area contributed by atoms with E-state index < -0.39 is 17.5 Å². The minimum atomic E-state index is -0.727. The molecule has 130 valence electrons. The van der Waals surface area contributed by atoms with Crippen molar-refractivity contribution >= 4 is 5.91 Å². The number of hydrogen-bond acceptors (Lipinski definition) is 1. The number of carbonyl (C=O) groups excluding carboxylic acids is 1. The standard InChI is InChI=1S/C20H18F3NO/c21-12-6-7-13(14-11-16(14)20(25)24-8-1-2-9-24)15(10-12)19-17(22)4-3-5-18(19)23/h3-7,10,14,16H,1-2,8-9,11H2. The van der Waals surface area contributed by atoms with Crippen LogP contribution in [0.2, 0.25) is 0 Å². The number of hydrogen-bond donors (Lipinski definition) is 0. The summed E-state index contributed by atoms with van der Waals surface area (Å²) in [5.41, 5.74) is 0.622. The SMILES string of the molecule is O=C(C1CC1c1ccc(F)cc1-c1c(F)cccc1F)N1CCCC1. The van der Waals surface area contributed by atoms with Crippen molar-refractivity contribution in [2.75, 3.05) is 13.1 Å². The minimum Gasteiger partial charge on any atom is -0.342 e. The number of halogens is 3. The summed E-state index contributed by atoms with van der Waals surface area (Å²) in [4.78, 5) is 14.4. The highest BCUT2D eigenvalue weighted by atomic mass is 19.1. The van der Waals surface area contributed by atoms with Gasteiger partial charge in [0.2, 0.25) is 5.91 Å². The van der Waals surface area contributed by atoms with E-state index in [0.29, 0.717) is 12.0 Å². The molecule has 0 radical (unpaired) electrons. The molecule has 2 aliphatic rings. The molecular formula is C20H18F3NO. The molecular weight excluding hydrogens is 327 g/mol. The summed E-state index contributed by atoms with van der Waals surface area (Å²) in [6, 6.07) is 7.60.